The van der Waals surface area contributed by atoms with Gasteiger partial charge in [0.25, 0.3) is 11.6 Å². The van der Waals surface area contributed by atoms with Crippen molar-refractivity contribution in [1.82, 2.24) is 15.3 Å². The first-order valence-corrected chi connectivity index (χ1v) is 6.75. The zero-order valence-electron chi connectivity index (χ0n) is 10.2. The SMILES string of the molecule is CC(NC(=O)c1cc(Cl)ncc1[N+](=O)[O-])c1nccs1. The second-order valence-electron chi connectivity index (χ2n) is 3.85. The lowest BCUT2D eigenvalue weighted by Crippen LogP contribution is -2.27. The molecule has 2 rings (SSSR count). The van der Waals surface area contributed by atoms with Gasteiger partial charge >= 0.3 is 0 Å². The van der Waals surface area contributed by atoms with Gasteiger partial charge in [-0.2, -0.15) is 0 Å². The van der Waals surface area contributed by atoms with Crippen LogP contribution in [0.2, 0.25) is 5.15 Å². The highest BCUT2D eigenvalue weighted by Crippen LogP contribution is 2.22. The van der Waals surface area contributed by atoms with Crippen LogP contribution >= 0.6 is 22.9 Å². The van der Waals surface area contributed by atoms with Crippen molar-refractivity contribution in [3.63, 3.8) is 0 Å². The van der Waals surface area contributed by atoms with E-state index in [1.165, 1.54) is 17.4 Å². The second kappa shape index (κ2) is 5.93. The highest BCUT2D eigenvalue weighted by Gasteiger charge is 2.23. The van der Waals surface area contributed by atoms with Crippen molar-refractivity contribution >= 4 is 34.5 Å². The minimum Gasteiger partial charge on any atom is -0.343 e. The van der Waals surface area contributed by atoms with E-state index in [0.717, 1.165) is 6.20 Å². The second-order valence-corrected chi connectivity index (χ2v) is 5.16. The van der Waals surface area contributed by atoms with E-state index in [-0.39, 0.29) is 16.8 Å². The van der Waals surface area contributed by atoms with Crippen molar-refractivity contribution in [2.75, 3.05) is 0 Å². The molecule has 0 aliphatic heterocycles. The van der Waals surface area contributed by atoms with E-state index >= 15 is 0 Å². The van der Waals surface area contributed by atoms with Gasteiger partial charge in [0.1, 0.15) is 21.9 Å². The number of carbonyl (C=O) groups excluding carboxylic acids is 1. The maximum Gasteiger partial charge on any atom is 0.300 e. The summed E-state index contributed by atoms with van der Waals surface area (Å²) in [6.07, 6.45) is 2.58. The van der Waals surface area contributed by atoms with Gasteiger partial charge in [-0.15, -0.1) is 11.3 Å². The summed E-state index contributed by atoms with van der Waals surface area (Å²) in [5.74, 6) is -0.594. The van der Waals surface area contributed by atoms with Crippen molar-refractivity contribution in [2.45, 2.75) is 13.0 Å². The van der Waals surface area contributed by atoms with Gasteiger partial charge in [-0.25, -0.2) is 9.97 Å². The van der Waals surface area contributed by atoms with Crippen molar-refractivity contribution in [2.24, 2.45) is 0 Å². The summed E-state index contributed by atoms with van der Waals surface area (Å²) in [5, 5.41) is 16.0. The van der Waals surface area contributed by atoms with Crippen LogP contribution in [0.1, 0.15) is 28.3 Å². The van der Waals surface area contributed by atoms with Gasteiger partial charge in [0.2, 0.25) is 0 Å². The van der Waals surface area contributed by atoms with Crippen molar-refractivity contribution in [3.05, 3.63) is 49.7 Å². The van der Waals surface area contributed by atoms with E-state index in [4.69, 9.17) is 11.6 Å². The number of halogens is 1. The lowest BCUT2D eigenvalue weighted by molar-refractivity contribution is -0.385. The van der Waals surface area contributed by atoms with E-state index in [9.17, 15) is 14.9 Å². The Morgan fingerprint density at radius 2 is 2.30 bits per heavy atom. The summed E-state index contributed by atoms with van der Waals surface area (Å²) in [6, 6.07) is 0.817. The number of thiazole rings is 1. The average molecular weight is 313 g/mol. The molecule has 2 heterocycles. The van der Waals surface area contributed by atoms with Crippen LogP contribution in [0, 0.1) is 10.1 Å². The van der Waals surface area contributed by atoms with Gasteiger partial charge in [-0.3, -0.25) is 14.9 Å². The summed E-state index contributed by atoms with van der Waals surface area (Å²) >= 11 is 7.06. The molecule has 2 aromatic heterocycles. The van der Waals surface area contributed by atoms with Crippen molar-refractivity contribution < 1.29 is 9.72 Å². The highest BCUT2D eigenvalue weighted by molar-refractivity contribution is 7.09. The zero-order valence-corrected chi connectivity index (χ0v) is 11.8. The van der Waals surface area contributed by atoms with Gasteiger partial charge < -0.3 is 5.32 Å². The molecule has 1 N–H and O–H groups in total. The molecular weight excluding hydrogens is 304 g/mol. The normalized spacial score (nSPS) is 11.9. The van der Waals surface area contributed by atoms with Gasteiger partial charge in [-0.1, -0.05) is 11.6 Å². The van der Waals surface area contributed by atoms with Crippen LogP contribution in [0.4, 0.5) is 5.69 Å². The fraction of sp³-hybridized carbons (Fsp3) is 0.182. The van der Waals surface area contributed by atoms with Crippen LogP contribution in [0.25, 0.3) is 0 Å². The summed E-state index contributed by atoms with van der Waals surface area (Å²) in [6.45, 7) is 1.74. The fourth-order valence-electron chi connectivity index (χ4n) is 1.53. The molecule has 7 nitrogen and oxygen atoms in total. The van der Waals surface area contributed by atoms with E-state index in [2.05, 4.69) is 15.3 Å². The van der Waals surface area contributed by atoms with Crippen LogP contribution in [0.3, 0.4) is 0 Å². The molecule has 0 bridgehead atoms. The Kier molecular flexibility index (Phi) is 4.26. The van der Waals surface area contributed by atoms with E-state index in [1.54, 1.807) is 18.5 Å². The Bertz CT molecular complexity index is 647. The first kappa shape index (κ1) is 14.4. The van der Waals surface area contributed by atoms with Gasteiger partial charge in [0, 0.05) is 11.6 Å². The maximum atomic E-state index is 12.1. The van der Waals surface area contributed by atoms with Gasteiger partial charge in [0.15, 0.2) is 0 Å². The van der Waals surface area contributed by atoms with Gasteiger partial charge in [-0.05, 0) is 13.0 Å². The fourth-order valence-corrected chi connectivity index (χ4v) is 2.34. The zero-order chi connectivity index (χ0) is 14.7. The molecule has 0 saturated carbocycles. The number of nitro groups is 1. The Hall–Kier alpha value is -2.06. The predicted octanol–water partition coefficient (Wildman–Crippen LogP) is 2.59. The van der Waals surface area contributed by atoms with Crippen LogP contribution in [-0.2, 0) is 0 Å². The number of nitrogens with one attached hydrogen (secondary N) is 1. The van der Waals surface area contributed by atoms with E-state index < -0.39 is 16.5 Å². The molecular formula is C11H9ClN4O3S. The highest BCUT2D eigenvalue weighted by atomic mass is 35.5. The minimum absolute atomic E-state index is 0.0163. The number of hydrogen-bond donors (Lipinski definition) is 1. The maximum absolute atomic E-state index is 12.1. The Morgan fingerprint density at radius 3 is 2.90 bits per heavy atom. The van der Waals surface area contributed by atoms with Gasteiger partial charge in [0.05, 0.1) is 11.0 Å². The number of nitrogens with zero attached hydrogens (tertiary/aromatic N) is 3. The number of rotatable bonds is 4. The Balaban J connectivity index is 2.25. The van der Waals surface area contributed by atoms with Crippen LogP contribution in [-0.4, -0.2) is 20.8 Å². The first-order chi connectivity index (χ1) is 9.49. The Labute approximate surface area is 122 Å². The quantitative estimate of drug-likeness (QED) is 0.531. The van der Waals surface area contributed by atoms with E-state index in [1.807, 2.05) is 0 Å². The third-order valence-corrected chi connectivity index (χ3v) is 3.63. The molecule has 20 heavy (non-hydrogen) atoms. The molecule has 2 aromatic rings. The standard InChI is InChI=1S/C11H9ClN4O3S/c1-6(11-13-2-3-20-11)15-10(17)7-4-9(12)14-5-8(7)16(18)19/h2-6H,1H3,(H,15,17). The number of pyridine rings is 1. The molecule has 0 radical (unpaired) electrons. The molecule has 1 amide bonds. The molecule has 0 aliphatic rings. The summed E-state index contributed by atoms with van der Waals surface area (Å²) in [7, 11) is 0. The molecule has 0 fully saturated rings. The lowest BCUT2D eigenvalue weighted by Gasteiger charge is -2.11. The molecule has 104 valence electrons. The first-order valence-electron chi connectivity index (χ1n) is 5.49. The predicted molar refractivity (Wildman–Crippen MR) is 73.9 cm³/mol. The van der Waals surface area contributed by atoms with Crippen LogP contribution in [0.5, 0.6) is 0 Å². The van der Waals surface area contributed by atoms with E-state index in [0.29, 0.717) is 5.01 Å². The topological polar surface area (TPSA) is 98.0 Å². The summed E-state index contributed by atoms with van der Waals surface area (Å²) in [5.41, 5.74) is -0.517. The third kappa shape index (κ3) is 3.09. The number of carbonyl (C=O) groups is 1. The molecule has 0 spiro atoms. The molecule has 1 atom stereocenters. The lowest BCUT2D eigenvalue weighted by atomic mass is 10.2. The summed E-state index contributed by atoms with van der Waals surface area (Å²) < 4.78 is 0. The average Bonchev–Trinajstić information content (AvgIpc) is 2.92. The van der Waals surface area contributed by atoms with Crippen molar-refractivity contribution in [1.29, 1.82) is 0 Å². The number of amides is 1. The third-order valence-electron chi connectivity index (χ3n) is 2.46. The Morgan fingerprint density at radius 1 is 1.55 bits per heavy atom. The number of hydrogen-bond acceptors (Lipinski definition) is 6. The molecule has 1 unspecified atom stereocenters. The smallest absolute Gasteiger partial charge is 0.300 e. The van der Waals surface area contributed by atoms with Crippen molar-refractivity contribution in [3.8, 4) is 0 Å². The van der Waals surface area contributed by atoms with Crippen LogP contribution in [0.15, 0.2) is 23.8 Å². The minimum atomic E-state index is -0.674. The molecule has 0 aromatic carbocycles. The van der Waals surface area contributed by atoms with Crippen LogP contribution < -0.4 is 5.32 Å². The molecule has 9 heteroatoms. The monoisotopic (exact) mass is 312 g/mol. The molecule has 0 saturated heterocycles. The summed E-state index contributed by atoms with van der Waals surface area (Å²) in [4.78, 5) is 30.0. The number of aromatic nitrogens is 2. The largest absolute Gasteiger partial charge is 0.343 e. The molecule has 0 aliphatic carbocycles.